The summed E-state index contributed by atoms with van der Waals surface area (Å²) in [4.78, 5) is 13.1. The molecule has 56 valence electrons. The molecule has 0 aromatic carbocycles. The molecule has 2 saturated heterocycles. The van der Waals surface area contributed by atoms with Crippen molar-refractivity contribution in [1.29, 1.82) is 0 Å². The largest absolute Gasteiger partial charge is 0.448 e. The number of hydrogen-bond acceptors (Lipinski definition) is 3. The van der Waals surface area contributed by atoms with Gasteiger partial charge in [-0.3, -0.25) is 9.69 Å². The number of piperidine rings is 1. The molecule has 2 rings (SSSR count). The topological polar surface area (TPSA) is 29.5 Å². The highest BCUT2D eigenvalue weighted by Crippen LogP contribution is 2.21. The molecule has 2 aliphatic heterocycles. The van der Waals surface area contributed by atoms with Gasteiger partial charge in [0.2, 0.25) is 0 Å². The van der Waals surface area contributed by atoms with Gasteiger partial charge in [-0.1, -0.05) is 6.42 Å². The van der Waals surface area contributed by atoms with E-state index in [4.69, 9.17) is 4.74 Å². The van der Waals surface area contributed by atoms with E-state index in [1.807, 2.05) is 0 Å². The smallest absolute Gasteiger partial charge is 0.324 e. The molecule has 0 spiro atoms. The van der Waals surface area contributed by atoms with Gasteiger partial charge in [0.1, 0.15) is 12.8 Å². The zero-order valence-electron chi connectivity index (χ0n) is 5.88. The van der Waals surface area contributed by atoms with Crippen LogP contribution in [0.2, 0.25) is 0 Å². The van der Waals surface area contributed by atoms with E-state index in [1.54, 1.807) is 0 Å². The number of ether oxygens (including phenoxy) is 1. The molecule has 1 unspecified atom stereocenters. The quantitative estimate of drug-likeness (QED) is 0.456. The monoisotopic (exact) mass is 141 g/mol. The molecule has 2 heterocycles. The number of fused-ring (bicyclic) bond motifs is 1. The number of carbonyl (C=O) groups is 1. The first-order valence-electron chi connectivity index (χ1n) is 3.78. The molecule has 0 amide bonds. The maximum atomic E-state index is 10.9. The Kier molecular flexibility index (Phi) is 1.38. The van der Waals surface area contributed by atoms with Crippen molar-refractivity contribution < 1.29 is 9.53 Å². The molecule has 1 atom stereocenters. The van der Waals surface area contributed by atoms with E-state index < -0.39 is 0 Å². The minimum absolute atomic E-state index is 0.0142. The molecule has 0 bridgehead atoms. The van der Waals surface area contributed by atoms with Crippen LogP contribution in [-0.2, 0) is 9.53 Å². The summed E-state index contributed by atoms with van der Waals surface area (Å²) in [5, 5.41) is 0. The van der Waals surface area contributed by atoms with Gasteiger partial charge < -0.3 is 4.74 Å². The van der Waals surface area contributed by atoms with Crippen LogP contribution >= 0.6 is 0 Å². The van der Waals surface area contributed by atoms with Gasteiger partial charge in [-0.25, -0.2) is 0 Å². The van der Waals surface area contributed by atoms with Crippen molar-refractivity contribution in [2.45, 2.75) is 25.3 Å². The van der Waals surface area contributed by atoms with Crippen molar-refractivity contribution in [1.82, 2.24) is 4.90 Å². The Morgan fingerprint density at radius 2 is 2.40 bits per heavy atom. The lowest BCUT2D eigenvalue weighted by atomic mass is 10.0. The van der Waals surface area contributed by atoms with Crippen molar-refractivity contribution in [2.75, 3.05) is 13.3 Å². The van der Waals surface area contributed by atoms with E-state index in [-0.39, 0.29) is 12.0 Å². The molecule has 0 saturated carbocycles. The molecule has 0 aromatic rings. The van der Waals surface area contributed by atoms with Crippen LogP contribution in [0.25, 0.3) is 0 Å². The molecule has 0 aromatic heterocycles. The van der Waals surface area contributed by atoms with Crippen molar-refractivity contribution in [2.24, 2.45) is 0 Å². The minimum Gasteiger partial charge on any atom is -0.448 e. The van der Waals surface area contributed by atoms with Gasteiger partial charge in [0.25, 0.3) is 0 Å². The summed E-state index contributed by atoms with van der Waals surface area (Å²) in [6.07, 6.45) is 3.39. The van der Waals surface area contributed by atoms with Crippen molar-refractivity contribution in [3.05, 3.63) is 0 Å². The first-order valence-corrected chi connectivity index (χ1v) is 3.78. The summed E-state index contributed by atoms with van der Waals surface area (Å²) in [6.45, 7) is 1.57. The van der Waals surface area contributed by atoms with Crippen molar-refractivity contribution >= 4 is 5.97 Å². The normalized spacial score (nSPS) is 33.6. The Balaban J connectivity index is 2.08. The standard InChI is InChI=1S/C7H11NO2/c9-7-6-3-1-2-4-8(6)5-10-7/h6H,1-5H2. The number of hydrogen-bond donors (Lipinski definition) is 0. The van der Waals surface area contributed by atoms with Crippen LogP contribution in [0.15, 0.2) is 0 Å². The summed E-state index contributed by atoms with van der Waals surface area (Å²) < 4.78 is 4.89. The molecule has 10 heavy (non-hydrogen) atoms. The Hall–Kier alpha value is -0.570. The van der Waals surface area contributed by atoms with Crippen molar-refractivity contribution in [3.63, 3.8) is 0 Å². The van der Waals surface area contributed by atoms with Gasteiger partial charge in [-0.15, -0.1) is 0 Å². The minimum atomic E-state index is -0.0142. The first kappa shape index (κ1) is 6.16. The highest BCUT2D eigenvalue weighted by atomic mass is 16.6. The van der Waals surface area contributed by atoms with Gasteiger partial charge in [0.15, 0.2) is 0 Å². The number of carbonyl (C=O) groups excluding carboxylic acids is 1. The molecule has 2 fully saturated rings. The van der Waals surface area contributed by atoms with Crippen LogP contribution in [0.3, 0.4) is 0 Å². The zero-order valence-corrected chi connectivity index (χ0v) is 5.88. The van der Waals surface area contributed by atoms with Gasteiger partial charge >= 0.3 is 5.97 Å². The predicted molar refractivity (Wildman–Crippen MR) is 35.3 cm³/mol. The van der Waals surface area contributed by atoms with Gasteiger partial charge in [0, 0.05) is 6.54 Å². The maximum Gasteiger partial charge on any atom is 0.324 e. The fourth-order valence-corrected chi connectivity index (χ4v) is 1.66. The number of cyclic esters (lactones) is 1. The Labute approximate surface area is 60.0 Å². The molecule has 2 aliphatic rings. The molecule has 0 aliphatic carbocycles. The summed E-state index contributed by atoms with van der Waals surface area (Å²) in [6, 6.07) is 0.105. The van der Waals surface area contributed by atoms with Gasteiger partial charge in [0.05, 0.1) is 0 Å². The fourth-order valence-electron chi connectivity index (χ4n) is 1.66. The van der Waals surface area contributed by atoms with Crippen LogP contribution in [0.5, 0.6) is 0 Å². The highest BCUT2D eigenvalue weighted by molar-refractivity contribution is 5.77. The molecular weight excluding hydrogens is 130 g/mol. The van der Waals surface area contributed by atoms with Gasteiger partial charge in [-0.05, 0) is 12.8 Å². The highest BCUT2D eigenvalue weighted by Gasteiger charge is 2.35. The molecule has 3 nitrogen and oxygen atoms in total. The maximum absolute atomic E-state index is 10.9. The average molecular weight is 141 g/mol. The average Bonchev–Trinajstić information content (AvgIpc) is 2.34. The molecular formula is C7H11NO2. The SMILES string of the molecule is O=C1OCN2CCCCC12. The third-order valence-corrected chi connectivity index (χ3v) is 2.26. The lowest BCUT2D eigenvalue weighted by Crippen LogP contribution is -2.37. The van der Waals surface area contributed by atoms with E-state index in [0.717, 1.165) is 13.0 Å². The third-order valence-electron chi connectivity index (χ3n) is 2.26. The molecule has 0 N–H and O–H groups in total. The van der Waals surface area contributed by atoms with E-state index in [9.17, 15) is 4.79 Å². The zero-order chi connectivity index (χ0) is 6.97. The van der Waals surface area contributed by atoms with E-state index in [0.29, 0.717) is 6.73 Å². The third kappa shape index (κ3) is 0.814. The second kappa shape index (κ2) is 2.23. The van der Waals surface area contributed by atoms with Crippen LogP contribution in [0.4, 0.5) is 0 Å². The number of rotatable bonds is 0. The van der Waals surface area contributed by atoms with Crippen molar-refractivity contribution in [3.8, 4) is 0 Å². The van der Waals surface area contributed by atoms with Crippen LogP contribution in [0.1, 0.15) is 19.3 Å². The lowest BCUT2D eigenvalue weighted by Gasteiger charge is -2.24. The molecule has 0 radical (unpaired) electrons. The van der Waals surface area contributed by atoms with E-state index in [2.05, 4.69) is 4.90 Å². The second-order valence-corrected chi connectivity index (χ2v) is 2.92. The Morgan fingerprint density at radius 1 is 1.50 bits per heavy atom. The van der Waals surface area contributed by atoms with E-state index >= 15 is 0 Å². The van der Waals surface area contributed by atoms with Crippen LogP contribution in [-0.4, -0.2) is 30.2 Å². The summed E-state index contributed by atoms with van der Waals surface area (Å²) in [5.41, 5.74) is 0. The number of nitrogens with zero attached hydrogens (tertiary/aromatic N) is 1. The van der Waals surface area contributed by atoms with Gasteiger partial charge in [-0.2, -0.15) is 0 Å². The van der Waals surface area contributed by atoms with E-state index in [1.165, 1.54) is 12.8 Å². The molecule has 3 heteroatoms. The fraction of sp³-hybridized carbons (Fsp3) is 0.857. The second-order valence-electron chi connectivity index (χ2n) is 2.92. The number of esters is 1. The Morgan fingerprint density at radius 3 is 3.20 bits per heavy atom. The predicted octanol–water partition coefficient (Wildman–Crippen LogP) is 0.355. The Bertz CT molecular complexity index is 158. The van der Waals surface area contributed by atoms with Crippen LogP contribution in [0, 0.1) is 0 Å². The lowest BCUT2D eigenvalue weighted by molar-refractivity contribution is -0.139. The summed E-state index contributed by atoms with van der Waals surface area (Å²) >= 11 is 0. The first-order chi connectivity index (χ1) is 4.88. The summed E-state index contributed by atoms with van der Waals surface area (Å²) in [7, 11) is 0. The summed E-state index contributed by atoms with van der Waals surface area (Å²) in [5.74, 6) is -0.0142. The van der Waals surface area contributed by atoms with Crippen LogP contribution < -0.4 is 0 Å².